The SMILES string of the molecule is Cc1ccc(CNC(=O)CSc2nncn2CCc2cccs2)cc1F. The van der Waals surface area contributed by atoms with E-state index in [0.717, 1.165) is 23.7 Å². The molecule has 1 N–H and O–H groups in total. The lowest BCUT2D eigenvalue weighted by atomic mass is 10.1. The molecule has 0 aliphatic heterocycles. The van der Waals surface area contributed by atoms with Crippen molar-refractivity contribution < 1.29 is 9.18 Å². The third-order valence-corrected chi connectivity index (χ3v) is 5.73. The lowest BCUT2D eigenvalue weighted by molar-refractivity contribution is -0.118. The molecule has 0 aliphatic rings. The first-order valence-electron chi connectivity index (χ1n) is 8.16. The van der Waals surface area contributed by atoms with Crippen LogP contribution in [0, 0.1) is 12.7 Å². The summed E-state index contributed by atoms with van der Waals surface area (Å²) in [6.45, 7) is 2.80. The van der Waals surface area contributed by atoms with Crippen molar-refractivity contribution in [3.63, 3.8) is 0 Å². The van der Waals surface area contributed by atoms with Crippen LogP contribution in [0.5, 0.6) is 0 Å². The predicted octanol–water partition coefficient (Wildman–Crippen LogP) is 3.44. The molecule has 0 radical (unpaired) electrons. The summed E-state index contributed by atoms with van der Waals surface area (Å²) in [6.07, 6.45) is 2.59. The minimum absolute atomic E-state index is 0.121. The van der Waals surface area contributed by atoms with Crippen molar-refractivity contribution in [2.75, 3.05) is 5.75 Å². The highest BCUT2D eigenvalue weighted by molar-refractivity contribution is 7.99. The predicted molar refractivity (Wildman–Crippen MR) is 102 cm³/mol. The van der Waals surface area contributed by atoms with Gasteiger partial charge in [0, 0.05) is 18.0 Å². The highest BCUT2D eigenvalue weighted by Gasteiger charge is 2.09. The molecule has 0 atom stereocenters. The summed E-state index contributed by atoms with van der Waals surface area (Å²) in [4.78, 5) is 13.3. The molecule has 1 aromatic carbocycles. The van der Waals surface area contributed by atoms with Crippen LogP contribution in [0.3, 0.4) is 0 Å². The zero-order chi connectivity index (χ0) is 18.4. The number of nitrogens with zero attached hydrogens (tertiary/aromatic N) is 3. The van der Waals surface area contributed by atoms with Gasteiger partial charge in [0.1, 0.15) is 12.1 Å². The van der Waals surface area contributed by atoms with Crippen LogP contribution in [0.4, 0.5) is 4.39 Å². The molecular weight excluding hydrogens is 371 g/mol. The Bertz CT molecular complexity index is 864. The first-order valence-corrected chi connectivity index (χ1v) is 10.0. The Morgan fingerprint density at radius 2 is 2.27 bits per heavy atom. The number of benzene rings is 1. The molecular formula is C18H19FN4OS2. The summed E-state index contributed by atoms with van der Waals surface area (Å²) in [7, 11) is 0. The van der Waals surface area contributed by atoms with Crippen LogP contribution < -0.4 is 5.32 Å². The number of thiophene rings is 1. The van der Waals surface area contributed by atoms with E-state index in [4.69, 9.17) is 0 Å². The Kier molecular flexibility index (Phi) is 6.40. The van der Waals surface area contributed by atoms with E-state index in [2.05, 4.69) is 27.0 Å². The molecule has 26 heavy (non-hydrogen) atoms. The molecule has 8 heteroatoms. The second-order valence-electron chi connectivity index (χ2n) is 5.79. The lowest BCUT2D eigenvalue weighted by Gasteiger charge is -2.07. The number of aryl methyl sites for hydroxylation is 3. The van der Waals surface area contributed by atoms with Crippen molar-refractivity contribution in [3.05, 3.63) is 63.9 Å². The highest BCUT2D eigenvalue weighted by atomic mass is 32.2. The smallest absolute Gasteiger partial charge is 0.230 e. The van der Waals surface area contributed by atoms with Crippen molar-refractivity contribution in [1.82, 2.24) is 20.1 Å². The second kappa shape index (κ2) is 8.95. The van der Waals surface area contributed by atoms with Crippen LogP contribution in [0.1, 0.15) is 16.0 Å². The number of carbonyl (C=O) groups is 1. The Hall–Kier alpha value is -2.19. The van der Waals surface area contributed by atoms with Crippen LogP contribution in [0.2, 0.25) is 0 Å². The summed E-state index contributed by atoms with van der Waals surface area (Å²) in [6, 6.07) is 9.11. The molecule has 5 nitrogen and oxygen atoms in total. The zero-order valence-corrected chi connectivity index (χ0v) is 15.9. The number of hydrogen-bond acceptors (Lipinski definition) is 5. The van der Waals surface area contributed by atoms with Crippen molar-refractivity contribution >= 4 is 29.0 Å². The van der Waals surface area contributed by atoms with Gasteiger partial charge in [0.05, 0.1) is 5.75 Å². The van der Waals surface area contributed by atoms with E-state index in [1.807, 2.05) is 16.7 Å². The van der Waals surface area contributed by atoms with Crippen LogP contribution in [0.25, 0.3) is 0 Å². The highest BCUT2D eigenvalue weighted by Crippen LogP contribution is 2.17. The van der Waals surface area contributed by atoms with E-state index < -0.39 is 0 Å². The van der Waals surface area contributed by atoms with Crippen LogP contribution in [-0.4, -0.2) is 26.4 Å². The van der Waals surface area contributed by atoms with E-state index in [0.29, 0.717) is 12.1 Å². The van der Waals surface area contributed by atoms with E-state index in [1.165, 1.54) is 22.7 Å². The fourth-order valence-corrected chi connectivity index (χ4v) is 3.79. The molecule has 0 saturated carbocycles. The second-order valence-corrected chi connectivity index (χ2v) is 7.76. The molecule has 0 unspecified atom stereocenters. The average Bonchev–Trinajstić information content (AvgIpc) is 3.30. The summed E-state index contributed by atoms with van der Waals surface area (Å²) in [5.41, 5.74) is 1.34. The third kappa shape index (κ3) is 5.15. The molecule has 1 amide bonds. The van der Waals surface area contributed by atoms with Gasteiger partial charge in [-0.3, -0.25) is 4.79 Å². The largest absolute Gasteiger partial charge is 0.351 e. The van der Waals surface area contributed by atoms with Gasteiger partial charge in [0.2, 0.25) is 5.91 Å². The fourth-order valence-electron chi connectivity index (χ4n) is 2.32. The average molecular weight is 391 g/mol. The van der Waals surface area contributed by atoms with Gasteiger partial charge in [-0.2, -0.15) is 0 Å². The molecule has 0 saturated heterocycles. The zero-order valence-electron chi connectivity index (χ0n) is 14.3. The Morgan fingerprint density at radius 3 is 3.04 bits per heavy atom. The Labute approximate surface area is 159 Å². The molecule has 0 aliphatic carbocycles. The Morgan fingerprint density at radius 1 is 1.38 bits per heavy atom. The summed E-state index contributed by atoms with van der Waals surface area (Å²) in [5, 5.41) is 13.6. The number of carbonyl (C=O) groups excluding carboxylic acids is 1. The van der Waals surface area contributed by atoms with Gasteiger partial charge in [-0.25, -0.2) is 4.39 Å². The van der Waals surface area contributed by atoms with Crippen LogP contribution in [-0.2, 0) is 24.3 Å². The van der Waals surface area contributed by atoms with Gasteiger partial charge in [-0.05, 0) is 42.0 Å². The van der Waals surface area contributed by atoms with Gasteiger partial charge >= 0.3 is 0 Å². The molecule has 0 bridgehead atoms. The van der Waals surface area contributed by atoms with Gasteiger partial charge in [-0.1, -0.05) is 30.0 Å². The number of nitrogens with one attached hydrogen (secondary N) is 1. The standard InChI is InChI=1S/C18H19FN4OS2/c1-13-4-5-14(9-16(13)19)10-20-17(24)11-26-18-22-21-12-23(18)7-6-15-3-2-8-25-15/h2-5,8-9,12H,6-7,10-11H2,1H3,(H,20,24). The van der Waals surface area contributed by atoms with Crippen LogP contribution >= 0.6 is 23.1 Å². The molecule has 0 fully saturated rings. The summed E-state index contributed by atoms with van der Waals surface area (Å²) >= 11 is 3.07. The first-order chi connectivity index (χ1) is 12.6. The quantitative estimate of drug-likeness (QED) is 0.599. The van der Waals surface area contributed by atoms with Crippen molar-refractivity contribution in [3.8, 4) is 0 Å². The fraction of sp³-hybridized carbons (Fsp3) is 0.278. The normalized spacial score (nSPS) is 10.8. The maximum atomic E-state index is 13.5. The van der Waals surface area contributed by atoms with E-state index in [1.54, 1.807) is 30.7 Å². The van der Waals surface area contributed by atoms with Crippen LogP contribution in [0.15, 0.2) is 47.2 Å². The number of aromatic nitrogens is 3. The topological polar surface area (TPSA) is 59.8 Å². The monoisotopic (exact) mass is 390 g/mol. The number of halogens is 1. The first kappa shape index (κ1) is 18.6. The van der Waals surface area contributed by atoms with E-state index in [-0.39, 0.29) is 17.5 Å². The molecule has 3 rings (SSSR count). The molecule has 2 aromatic heterocycles. The maximum Gasteiger partial charge on any atom is 0.230 e. The van der Waals surface area contributed by atoms with Crippen molar-refractivity contribution in [2.45, 2.75) is 31.6 Å². The summed E-state index contributed by atoms with van der Waals surface area (Å²) in [5.74, 6) is -0.139. The molecule has 2 heterocycles. The van der Waals surface area contributed by atoms with Gasteiger partial charge in [0.25, 0.3) is 0 Å². The minimum Gasteiger partial charge on any atom is -0.351 e. The lowest BCUT2D eigenvalue weighted by Crippen LogP contribution is -2.24. The van der Waals surface area contributed by atoms with E-state index in [9.17, 15) is 9.18 Å². The number of amides is 1. The number of thioether (sulfide) groups is 1. The van der Waals surface area contributed by atoms with Gasteiger partial charge in [0.15, 0.2) is 5.16 Å². The molecule has 3 aromatic rings. The summed E-state index contributed by atoms with van der Waals surface area (Å²) < 4.78 is 15.5. The maximum absolute atomic E-state index is 13.5. The number of rotatable bonds is 8. The minimum atomic E-state index is -0.259. The van der Waals surface area contributed by atoms with E-state index >= 15 is 0 Å². The van der Waals surface area contributed by atoms with Gasteiger partial charge in [-0.15, -0.1) is 21.5 Å². The van der Waals surface area contributed by atoms with Crippen molar-refractivity contribution in [1.29, 1.82) is 0 Å². The van der Waals surface area contributed by atoms with Gasteiger partial charge < -0.3 is 9.88 Å². The van der Waals surface area contributed by atoms with Crippen molar-refractivity contribution in [2.24, 2.45) is 0 Å². The third-order valence-electron chi connectivity index (χ3n) is 3.82. The Balaban J connectivity index is 1.45. The molecule has 0 spiro atoms. The molecule has 136 valence electrons. The number of hydrogen-bond donors (Lipinski definition) is 1.